The smallest absolute Gasteiger partial charge is 0.295 e. The zero-order valence-corrected chi connectivity index (χ0v) is 21.6. The predicted octanol–water partition coefficient (Wildman–Crippen LogP) is 6.65. The van der Waals surface area contributed by atoms with E-state index in [1.165, 1.54) is 25.7 Å². The van der Waals surface area contributed by atoms with Crippen LogP contribution < -0.4 is 0 Å². The van der Waals surface area contributed by atoms with Crippen LogP contribution in [0.4, 0.5) is 0 Å². The number of carbonyl (C=O) groups is 1. The third-order valence-corrected chi connectivity index (χ3v) is 8.36. The van der Waals surface area contributed by atoms with Crippen molar-refractivity contribution < 1.29 is 13.6 Å². The Morgan fingerprint density at radius 2 is 1.32 bits per heavy atom. The van der Waals surface area contributed by atoms with Crippen molar-refractivity contribution in [3.8, 4) is 0 Å². The van der Waals surface area contributed by atoms with Crippen LogP contribution in [0.2, 0.25) is 64.5 Å². The van der Waals surface area contributed by atoms with Crippen LogP contribution in [-0.2, 0) is 13.6 Å². The molecule has 25 heavy (non-hydrogen) atoms. The van der Waals surface area contributed by atoms with Crippen LogP contribution in [0.25, 0.3) is 0 Å². The second kappa shape index (κ2) is 10.4. The third-order valence-electron chi connectivity index (χ3n) is 4.06. The highest BCUT2D eigenvalue weighted by molar-refractivity contribution is 6.81. The molecule has 150 valence electrons. The lowest BCUT2D eigenvalue weighted by Crippen LogP contribution is -2.48. The molecule has 0 heterocycles. The van der Waals surface area contributed by atoms with Gasteiger partial charge in [-0.15, -0.1) is 0 Å². The summed E-state index contributed by atoms with van der Waals surface area (Å²) in [6.07, 6.45) is 7.25. The Balaban J connectivity index is 5.28. The first-order chi connectivity index (χ1) is 11.2. The monoisotopic (exact) mass is 404 g/mol. The minimum absolute atomic E-state index is 0.00939. The Morgan fingerprint density at radius 1 is 0.800 bits per heavy atom. The van der Waals surface area contributed by atoms with E-state index in [2.05, 4.69) is 65.8 Å². The van der Waals surface area contributed by atoms with E-state index in [1.54, 1.807) is 0 Å². The Labute approximate surface area is 160 Å². The van der Waals surface area contributed by atoms with Crippen molar-refractivity contribution >= 4 is 30.7 Å². The van der Waals surface area contributed by atoms with Crippen molar-refractivity contribution in [2.24, 2.45) is 0 Å². The van der Waals surface area contributed by atoms with Crippen LogP contribution >= 0.6 is 0 Å². The molecule has 0 fully saturated rings. The Morgan fingerprint density at radius 3 is 1.72 bits per heavy atom. The van der Waals surface area contributed by atoms with E-state index in [1.807, 2.05) is 0 Å². The van der Waals surface area contributed by atoms with E-state index in [-0.39, 0.29) is 17.6 Å². The van der Waals surface area contributed by atoms with E-state index in [9.17, 15) is 4.79 Å². The molecule has 0 saturated carbocycles. The van der Waals surface area contributed by atoms with Crippen molar-refractivity contribution in [1.29, 1.82) is 0 Å². The van der Waals surface area contributed by atoms with Crippen molar-refractivity contribution in [3.63, 3.8) is 0 Å². The van der Waals surface area contributed by atoms with Crippen LogP contribution in [0, 0.1) is 0 Å². The lowest BCUT2D eigenvalue weighted by molar-refractivity contribution is -0.137. The van der Waals surface area contributed by atoms with Crippen LogP contribution in [0.15, 0.2) is 0 Å². The van der Waals surface area contributed by atoms with Crippen molar-refractivity contribution in [1.82, 2.24) is 0 Å². The molecule has 0 bridgehead atoms. The van der Waals surface area contributed by atoms with Gasteiger partial charge in [0.1, 0.15) is 0 Å². The Bertz CT molecular complexity index is 392. The van der Waals surface area contributed by atoms with Crippen LogP contribution in [-0.4, -0.2) is 36.8 Å². The molecule has 0 aromatic heterocycles. The maximum Gasteiger partial charge on any atom is 0.295 e. The van der Waals surface area contributed by atoms with Gasteiger partial charge in [0.05, 0.1) is 19.7 Å². The molecule has 0 aliphatic carbocycles. The summed E-state index contributed by atoms with van der Waals surface area (Å²) in [6.45, 7) is 22.0. The average Bonchev–Trinajstić information content (AvgIpc) is 2.32. The molecule has 0 aliphatic rings. The quantitative estimate of drug-likeness (QED) is 0.270. The predicted molar refractivity (Wildman–Crippen MR) is 118 cm³/mol. The van der Waals surface area contributed by atoms with E-state index in [0.29, 0.717) is 0 Å². The first-order valence-electron chi connectivity index (χ1n) is 10.1. The van der Waals surface area contributed by atoms with Crippen LogP contribution in [0.5, 0.6) is 0 Å². The largest absolute Gasteiger partial charge is 0.520 e. The zero-order valence-electron chi connectivity index (χ0n) is 18.6. The van der Waals surface area contributed by atoms with Crippen molar-refractivity contribution in [2.45, 2.75) is 116 Å². The number of rotatable bonds is 12. The minimum Gasteiger partial charge on any atom is -0.520 e. The van der Waals surface area contributed by atoms with Gasteiger partial charge in [-0.3, -0.25) is 4.79 Å². The third kappa shape index (κ3) is 12.2. The fourth-order valence-corrected chi connectivity index (χ4v) is 7.39. The summed E-state index contributed by atoms with van der Waals surface area (Å²) < 4.78 is 12.5. The molecule has 0 radical (unpaired) electrons. The minimum atomic E-state index is -1.89. The number of unbranched alkanes of at least 4 members (excludes halogenated alkanes) is 4. The van der Waals surface area contributed by atoms with Gasteiger partial charge in [0.15, 0.2) is 8.32 Å². The highest BCUT2D eigenvalue weighted by Gasteiger charge is 2.43. The molecule has 6 heteroatoms. The topological polar surface area (TPSA) is 35.5 Å². The first-order valence-corrected chi connectivity index (χ1v) is 20.5. The molecule has 0 aliphatic heterocycles. The Hall–Kier alpha value is 0.0806. The van der Waals surface area contributed by atoms with E-state index >= 15 is 0 Å². The van der Waals surface area contributed by atoms with Crippen molar-refractivity contribution in [3.05, 3.63) is 0 Å². The molecule has 3 nitrogen and oxygen atoms in total. The summed E-state index contributed by atoms with van der Waals surface area (Å²) in [7, 11) is -5.35. The van der Waals surface area contributed by atoms with Gasteiger partial charge in [0.2, 0.25) is 8.32 Å². The van der Waals surface area contributed by atoms with E-state index in [0.717, 1.165) is 12.8 Å². The summed E-state index contributed by atoms with van der Waals surface area (Å²) in [5.74, 6) is 0.00939. The molecule has 2 atom stereocenters. The summed E-state index contributed by atoms with van der Waals surface area (Å²) in [5, 5.41) is 0. The SMILES string of the molecule is CCCCCCC[C@@H](O[Si](C)(C)C)[C@H](C(=O)O[Si](C)(C)C)[Si](C)(C)C. The normalized spacial score (nSPS) is 15.8. The molecular weight excluding hydrogens is 360 g/mol. The molecular formula is C19H44O3Si3. The number of hydrogen-bond acceptors (Lipinski definition) is 3. The summed E-state index contributed by atoms with van der Waals surface area (Å²) in [4.78, 5) is 13.1. The van der Waals surface area contributed by atoms with E-state index < -0.39 is 24.7 Å². The fourth-order valence-electron chi connectivity index (χ4n) is 3.13. The van der Waals surface area contributed by atoms with Gasteiger partial charge in [-0.1, -0.05) is 58.7 Å². The standard InChI is InChI=1S/C19H44O3Si3/c1-11-12-13-14-15-16-17(21-24(5,6)7)18(23(2,3)4)19(20)22-25(8,9)10/h17-18H,11-16H2,1-10H3/t17-,18-/m1/s1. The van der Waals surface area contributed by atoms with Gasteiger partial charge in [0.25, 0.3) is 5.97 Å². The van der Waals surface area contributed by atoms with E-state index in [4.69, 9.17) is 8.85 Å². The fraction of sp³-hybridized carbons (Fsp3) is 0.947. The molecule has 0 N–H and O–H groups in total. The first kappa shape index (κ1) is 25.1. The maximum atomic E-state index is 13.1. The molecule has 0 saturated heterocycles. The van der Waals surface area contributed by atoms with Gasteiger partial charge in [-0.2, -0.15) is 0 Å². The average molecular weight is 405 g/mol. The van der Waals surface area contributed by atoms with Gasteiger partial charge in [-0.05, 0) is 45.7 Å². The second-order valence-electron chi connectivity index (χ2n) is 10.3. The Kier molecular flexibility index (Phi) is 10.5. The molecule has 0 rings (SSSR count). The number of carbonyl (C=O) groups excluding carboxylic acids is 1. The highest BCUT2D eigenvalue weighted by Crippen LogP contribution is 2.34. The maximum absolute atomic E-state index is 13.1. The van der Waals surface area contributed by atoms with Gasteiger partial charge in [-0.25, -0.2) is 0 Å². The van der Waals surface area contributed by atoms with Crippen LogP contribution in [0.1, 0.15) is 45.4 Å². The summed E-state index contributed by atoms with van der Waals surface area (Å²) >= 11 is 0. The number of hydrogen-bond donors (Lipinski definition) is 0. The molecule has 0 aromatic carbocycles. The molecule has 0 amide bonds. The molecule has 0 aromatic rings. The molecule has 0 unspecified atom stereocenters. The summed E-state index contributed by atoms with van der Waals surface area (Å²) in [6, 6.07) is 0. The van der Waals surface area contributed by atoms with Crippen LogP contribution in [0.3, 0.4) is 0 Å². The lowest BCUT2D eigenvalue weighted by atomic mass is 10.1. The molecule has 0 spiro atoms. The van der Waals surface area contributed by atoms with Crippen molar-refractivity contribution in [2.75, 3.05) is 0 Å². The van der Waals surface area contributed by atoms with Gasteiger partial charge < -0.3 is 8.85 Å². The lowest BCUT2D eigenvalue weighted by Gasteiger charge is -2.38. The zero-order chi connectivity index (χ0) is 19.9. The second-order valence-corrected chi connectivity index (χ2v) is 24.6. The summed E-state index contributed by atoms with van der Waals surface area (Å²) in [5.41, 5.74) is -0.0582. The van der Waals surface area contributed by atoms with Gasteiger partial charge in [0, 0.05) is 0 Å². The van der Waals surface area contributed by atoms with Gasteiger partial charge >= 0.3 is 0 Å². The highest BCUT2D eigenvalue weighted by atomic mass is 28.4.